The Kier molecular flexibility index (Phi) is 4.32. The molecule has 0 atom stereocenters. The van der Waals surface area contributed by atoms with Gasteiger partial charge in [0.05, 0.1) is 6.54 Å². The van der Waals surface area contributed by atoms with Crippen LogP contribution in [0.25, 0.3) is 0 Å². The van der Waals surface area contributed by atoms with Crippen molar-refractivity contribution in [2.75, 3.05) is 6.61 Å². The number of carbonyl (C=O) groups is 1. The Morgan fingerprint density at radius 1 is 1.37 bits per heavy atom. The molecule has 3 N–H and O–H groups in total. The molecule has 1 amide bonds. The molecule has 0 radical (unpaired) electrons. The highest BCUT2D eigenvalue weighted by Crippen LogP contribution is 2.03. The number of benzene rings is 1. The Bertz CT molecular complexity index is 592. The predicted octanol–water partition coefficient (Wildman–Crippen LogP) is 0.683. The lowest BCUT2D eigenvalue weighted by Gasteiger charge is -2.03. The molecule has 19 heavy (non-hydrogen) atoms. The quantitative estimate of drug-likeness (QED) is 0.706. The fourth-order valence-corrected chi connectivity index (χ4v) is 1.51. The molecule has 0 bridgehead atoms. The van der Waals surface area contributed by atoms with E-state index in [1.807, 2.05) is 0 Å². The van der Waals surface area contributed by atoms with Gasteiger partial charge in [0.15, 0.2) is 0 Å². The molecule has 0 saturated heterocycles. The smallest absolute Gasteiger partial charge is 0.251 e. The normalized spacial score (nSPS) is 9.53. The maximum atomic E-state index is 11.8. The molecule has 2 aromatic rings. The van der Waals surface area contributed by atoms with Crippen LogP contribution >= 0.6 is 0 Å². The number of aliphatic hydroxyl groups is 1. The molecule has 0 aliphatic carbocycles. The van der Waals surface area contributed by atoms with Crippen molar-refractivity contribution in [2.24, 2.45) is 0 Å². The van der Waals surface area contributed by atoms with Crippen molar-refractivity contribution in [1.82, 2.24) is 15.3 Å². The number of aromatic amines is 1. The molecule has 0 spiro atoms. The van der Waals surface area contributed by atoms with Gasteiger partial charge in [-0.15, -0.1) is 0 Å². The minimum Gasteiger partial charge on any atom is -0.384 e. The van der Waals surface area contributed by atoms with Crippen LogP contribution in [-0.4, -0.2) is 27.6 Å². The average Bonchev–Trinajstić information content (AvgIpc) is 2.96. The van der Waals surface area contributed by atoms with Crippen LogP contribution in [0.1, 0.15) is 21.7 Å². The molecule has 2 rings (SSSR count). The first-order valence-corrected chi connectivity index (χ1v) is 5.76. The molecule has 5 nitrogen and oxygen atoms in total. The Hall–Kier alpha value is -2.58. The van der Waals surface area contributed by atoms with Crippen molar-refractivity contribution < 1.29 is 9.90 Å². The van der Waals surface area contributed by atoms with Gasteiger partial charge in [0, 0.05) is 23.5 Å². The van der Waals surface area contributed by atoms with E-state index >= 15 is 0 Å². The minimum absolute atomic E-state index is 0.168. The van der Waals surface area contributed by atoms with E-state index in [0.717, 1.165) is 5.56 Å². The van der Waals surface area contributed by atoms with Crippen molar-refractivity contribution in [3.63, 3.8) is 0 Å². The summed E-state index contributed by atoms with van der Waals surface area (Å²) in [5.41, 5.74) is 1.32. The van der Waals surface area contributed by atoms with E-state index in [2.05, 4.69) is 27.1 Å². The summed E-state index contributed by atoms with van der Waals surface area (Å²) in [7, 11) is 0. The molecular weight excluding hydrogens is 242 g/mol. The number of rotatable bonds is 3. The van der Waals surface area contributed by atoms with Crippen molar-refractivity contribution >= 4 is 5.91 Å². The van der Waals surface area contributed by atoms with Crippen LogP contribution < -0.4 is 5.32 Å². The van der Waals surface area contributed by atoms with Crippen LogP contribution in [-0.2, 0) is 6.54 Å². The summed E-state index contributed by atoms with van der Waals surface area (Å²) in [4.78, 5) is 18.8. The SMILES string of the molecule is O=C(NCc1ncc[nH]1)c1ccc(C#CCO)cc1. The molecule has 96 valence electrons. The number of hydrogen-bond acceptors (Lipinski definition) is 3. The Balaban J connectivity index is 1.95. The second-order valence-electron chi connectivity index (χ2n) is 3.76. The summed E-state index contributed by atoms with van der Waals surface area (Å²) in [6, 6.07) is 6.87. The number of carbonyl (C=O) groups excluding carboxylic acids is 1. The fourth-order valence-electron chi connectivity index (χ4n) is 1.51. The minimum atomic E-state index is -0.175. The lowest BCUT2D eigenvalue weighted by molar-refractivity contribution is 0.0950. The highest BCUT2D eigenvalue weighted by molar-refractivity contribution is 5.94. The molecular formula is C14H13N3O2. The molecule has 0 saturated carbocycles. The summed E-state index contributed by atoms with van der Waals surface area (Å²) in [5, 5.41) is 11.3. The number of nitrogens with zero attached hydrogens (tertiary/aromatic N) is 1. The van der Waals surface area contributed by atoms with E-state index in [0.29, 0.717) is 17.9 Å². The van der Waals surface area contributed by atoms with E-state index < -0.39 is 0 Å². The Labute approximate surface area is 110 Å². The molecule has 0 fully saturated rings. The number of amides is 1. The van der Waals surface area contributed by atoms with Gasteiger partial charge in [-0.05, 0) is 24.3 Å². The van der Waals surface area contributed by atoms with Crippen LogP contribution in [0, 0.1) is 11.8 Å². The zero-order valence-corrected chi connectivity index (χ0v) is 10.2. The van der Waals surface area contributed by atoms with Gasteiger partial charge in [0.2, 0.25) is 0 Å². The van der Waals surface area contributed by atoms with Gasteiger partial charge < -0.3 is 15.4 Å². The maximum absolute atomic E-state index is 11.8. The lowest BCUT2D eigenvalue weighted by atomic mass is 10.1. The van der Waals surface area contributed by atoms with E-state index in [4.69, 9.17) is 5.11 Å². The van der Waals surface area contributed by atoms with Gasteiger partial charge in [-0.25, -0.2) is 4.98 Å². The topological polar surface area (TPSA) is 78.0 Å². The third-order valence-electron chi connectivity index (χ3n) is 2.43. The van der Waals surface area contributed by atoms with Crippen LogP contribution in [0.15, 0.2) is 36.7 Å². The number of nitrogens with one attached hydrogen (secondary N) is 2. The van der Waals surface area contributed by atoms with Crippen LogP contribution in [0.3, 0.4) is 0 Å². The first kappa shape index (κ1) is 12.9. The molecule has 5 heteroatoms. The van der Waals surface area contributed by atoms with Crippen molar-refractivity contribution in [3.05, 3.63) is 53.6 Å². The number of aliphatic hydroxyl groups excluding tert-OH is 1. The summed E-state index contributed by atoms with van der Waals surface area (Å²) in [6.45, 7) is 0.184. The van der Waals surface area contributed by atoms with Crippen LogP contribution in [0.2, 0.25) is 0 Å². The highest BCUT2D eigenvalue weighted by Gasteiger charge is 2.05. The summed E-state index contributed by atoms with van der Waals surface area (Å²) >= 11 is 0. The second kappa shape index (κ2) is 6.38. The third kappa shape index (κ3) is 3.69. The largest absolute Gasteiger partial charge is 0.384 e. The van der Waals surface area contributed by atoms with Crippen molar-refractivity contribution in [1.29, 1.82) is 0 Å². The van der Waals surface area contributed by atoms with Crippen molar-refractivity contribution in [2.45, 2.75) is 6.54 Å². The second-order valence-corrected chi connectivity index (χ2v) is 3.76. The molecule has 0 aliphatic heterocycles. The van der Waals surface area contributed by atoms with Crippen LogP contribution in [0.4, 0.5) is 0 Å². The fraction of sp³-hybridized carbons (Fsp3) is 0.143. The lowest BCUT2D eigenvalue weighted by Crippen LogP contribution is -2.23. The molecule has 1 aromatic carbocycles. The molecule has 0 aliphatic rings. The maximum Gasteiger partial charge on any atom is 0.251 e. The number of imidazole rings is 1. The van der Waals surface area contributed by atoms with Gasteiger partial charge in [-0.2, -0.15) is 0 Å². The Morgan fingerprint density at radius 3 is 2.79 bits per heavy atom. The summed E-state index contributed by atoms with van der Waals surface area (Å²) in [5.74, 6) is 5.86. The van der Waals surface area contributed by atoms with Crippen LogP contribution in [0.5, 0.6) is 0 Å². The zero-order chi connectivity index (χ0) is 13.5. The first-order valence-electron chi connectivity index (χ1n) is 5.76. The number of hydrogen-bond donors (Lipinski definition) is 3. The molecule has 1 aromatic heterocycles. The zero-order valence-electron chi connectivity index (χ0n) is 10.2. The first-order chi connectivity index (χ1) is 9.29. The summed E-state index contributed by atoms with van der Waals surface area (Å²) < 4.78 is 0. The third-order valence-corrected chi connectivity index (χ3v) is 2.43. The van der Waals surface area contributed by atoms with E-state index in [-0.39, 0.29) is 12.5 Å². The van der Waals surface area contributed by atoms with Gasteiger partial charge in [-0.1, -0.05) is 11.8 Å². The monoisotopic (exact) mass is 255 g/mol. The van der Waals surface area contributed by atoms with Gasteiger partial charge >= 0.3 is 0 Å². The van der Waals surface area contributed by atoms with Gasteiger partial charge in [0.25, 0.3) is 5.91 Å². The van der Waals surface area contributed by atoms with Gasteiger partial charge in [-0.3, -0.25) is 4.79 Å². The van der Waals surface area contributed by atoms with E-state index in [9.17, 15) is 4.79 Å². The van der Waals surface area contributed by atoms with E-state index in [1.54, 1.807) is 36.7 Å². The molecule has 1 heterocycles. The van der Waals surface area contributed by atoms with Gasteiger partial charge in [0.1, 0.15) is 12.4 Å². The van der Waals surface area contributed by atoms with Crippen molar-refractivity contribution in [3.8, 4) is 11.8 Å². The van der Waals surface area contributed by atoms with E-state index in [1.165, 1.54) is 0 Å². The summed E-state index contributed by atoms with van der Waals surface area (Å²) in [6.07, 6.45) is 3.34. The molecule has 0 unspecified atom stereocenters. The number of H-pyrrole nitrogens is 1. The average molecular weight is 255 g/mol. The predicted molar refractivity (Wildman–Crippen MR) is 70.2 cm³/mol. The standard InChI is InChI=1S/C14H13N3O2/c18-9-1-2-11-3-5-12(6-4-11)14(19)17-10-13-15-7-8-16-13/h3-8,18H,9-10H2,(H,15,16)(H,17,19). The Morgan fingerprint density at radius 2 is 2.16 bits per heavy atom. The number of aromatic nitrogens is 2. The highest BCUT2D eigenvalue weighted by atomic mass is 16.2.